The third-order valence-electron chi connectivity index (χ3n) is 5.67. The lowest BCUT2D eigenvalue weighted by Gasteiger charge is -2.18. The Labute approximate surface area is 186 Å². The van der Waals surface area contributed by atoms with Crippen LogP contribution in [0.2, 0.25) is 0 Å². The van der Waals surface area contributed by atoms with E-state index in [4.69, 9.17) is 9.72 Å². The lowest BCUT2D eigenvalue weighted by Crippen LogP contribution is -2.11. The molecule has 3 aromatic heterocycles. The largest absolute Gasteiger partial charge is 0.481 e. The first kappa shape index (κ1) is 19.9. The second kappa shape index (κ2) is 8.59. The second-order valence-corrected chi connectivity index (χ2v) is 7.65. The maximum Gasteiger partial charge on any atom is 0.212 e. The van der Waals surface area contributed by atoms with Gasteiger partial charge in [0.15, 0.2) is 0 Å². The highest BCUT2D eigenvalue weighted by Gasteiger charge is 2.19. The minimum absolute atomic E-state index is 0.108. The van der Waals surface area contributed by atoms with Gasteiger partial charge in [0, 0.05) is 42.8 Å². The number of hydrogen-bond donors (Lipinski definition) is 0. The van der Waals surface area contributed by atoms with Crippen LogP contribution in [0.3, 0.4) is 0 Å². The molecule has 6 nitrogen and oxygen atoms in total. The molecule has 158 valence electrons. The van der Waals surface area contributed by atoms with Gasteiger partial charge >= 0.3 is 0 Å². The van der Waals surface area contributed by atoms with Crippen molar-refractivity contribution >= 4 is 11.0 Å². The van der Waals surface area contributed by atoms with Crippen LogP contribution >= 0.6 is 0 Å². The van der Waals surface area contributed by atoms with Crippen molar-refractivity contribution in [1.82, 2.24) is 24.5 Å². The lowest BCUT2D eigenvalue weighted by atomic mass is 10.1. The van der Waals surface area contributed by atoms with Gasteiger partial charge in [-0.15, -0.1) is 0 Å². The predicted octanol–water partition coefficient (Wildman–Crippen LogP) is 5.10. The van der Waals surface area contributed by atoms with Crippen LogP contribution in [0.25, 0.3) is 22.2 Å². The Morgan fingerprint density at radius 2 is 1.75 bits per heavy atom. The monoisotopic (exact) mass is 421 g/mol. The van der Waals surface area contributed by atoms with Crippen molar-refractivity contribution in [3.05, 3.63) is 103 Å². The highest BCUT2D eigenvalue weighted by Crippen LogP contribution is 2.30. The molecular formula is C26H23N5O. The quantitative estimate of drug-likeness (QED) is 0.382. The molecule has 32 heavy (non-hydrogen) atoms. The molecule has 0 fully saturated rings. The molecule has 0 amide bonds. The Morgan fingerprint density at radius 3 is 2.47 bits per heavy atom. The van der Waals surface area contributed by atoms with E-state index in [-0.39, 0.29) is 6.04 Å². The summed E-state index contributed by atoms with van der Waals surface area (Å²) >= 11 is 0. The summed E-state index contributed by atoms with van der Waals surface area (Å²) in [4.78, 5) is 18.0. The van der Waals surface area contributed by atoms with Gasteiger partial charge in [0.1, 0.15) is 5.82 Å². The van der Waals surface area contributed by atoms with Gasteiger partial charge in [0.05, 0.1) is 29.9 Å². The van der Waals surface area contributed by atoms with Crippen LogP contribution in [0.4, 0.5) is 0 Å². The zero-order valence-electron chi connectivity index (χ0n) is 18.0. The van der Waals surface area contributed by atoms with Crippen LogP contribution in [0.5, 0.6) is 5.88 Å². The Kier molecular flexibility index (Phi) is 5.34. The summed E-state index contributed by atoms with van der Waals surface area (Å²) in [5, 5.41) is 0. The smallest absolute Gasteiger partial charge is 0.212 e. The summed E-state index contributed by atoms with van der Waals surface area (Å²) in [7, 11) is 1.62. The minimum atomic E-state index is 0.108. The van der Waals surface area contributed by atoms with Gasteiger partial charge in [-0.25, -0.2) is 9.97 Å². The first-order valence-electron chi connectivity index (χ1n) is 10.5. The molecule has 5 aromatic rings. The molecule has 1 atom stereocenters. The minimum Gasteiger partial charge on any atom is -0.481 e. The fraction of sp³-hybridized carbons (Fsp3) is 0.154. The number of imidazole rings is 1. The predicted molar refractivity (Wildman–Crippen MR) is 125 cm³/mol. The van der Waals surface area contributed by atoms with Crippen molar-refractivity contribution in [3.8, 4) is 17.0 Å². The van der Waals surface area contributed by atoms with E-state index in [2.05, 4.69) is 68.9 Å². The number of ether oxygens (including phenoxy) is 1. The van der Waals surface area contributed by atoms with E-state index in [0.29, 0.717) is 12.3 Å². The molecule has 6 heteroatoms. The molecule has 0 saturated carbocycles. The molecular weight excluding hydrogens is 398 g/mol. The Hall–Kier alpha value is -4.06. The molecule has 0 bridgehead atoms. The maximum atomic E-state index is 5.20. The topological polar surface area (TPSA) is 65.7 Å². The maximum absolute atomic E-state index is 5.20. The zero-order valence-corrected chi connectivity index (χ0v) is 18.0. The zero-order chi connectivity index (χ0) is 21.9. The van der Waals surface area contributed by atoms with Crippen LogP contribution in [-0.2, 0) is 6.42 Å². The van der Waals surface area contributed by atoms with E-state index >= 15 is 0 Å². The summed E-state index contributed by atoms with van der Waals surface area (Å²) < 4.78 is 7.50. The average molecular weight is 422 g/mol. The van der Waals surface area contributed by atoms with Gasteiger partial charge in [-0.2, -0.15) is 0 Å². The van der Waals surface area contributed by atoms with Gasteiger partial charge in [0.2, 0.25) is 5.88 Å². The molecule has 0 aliphatic carbocycles. The molecule has 0 saturated heterocycles. The molecule has 0 N–H and O–H groups in total. The van der Waals surface area contributed by atoms with Gasteiger partial charge in [-0.05, 0) is 36.2 Å². The number of aromatic nitrogens is 5. The Balaban J connectivity index is 1.65. The van der Waals surface area contributed by atoms with Crippen LogP contribution in [0.1, 0.15) is 30.0 Å². The van der Waals surface area contributed by atoms with Crippen molar-refractivity contribution in [3.63, 3.8) is 0 Å². The standard InChI is InChI=1S/C26H23N5O/c1-18(19-6-4-3-5-7-19)31-24-14-20(21-9-11-26(32-2)29-16-21)8-10-23(24)30-25(31)15-22-17-27-12-13-28-22/h3-14,16-18H,15H2,1-2H3/t18-/m0/s1. The summed E-state index contributed by atoms with van der Waals surface area (Å²) in [5.74, 6) is 1.56. The van der Waals surface area contributed by atoms with Crippen LogP contribution < -0.4 is 4.74 Å². The van der Waals surface area contributed by atoms with Crippen molar-refractivity contribution in [2.75, 3.05) is 7.11 Å². The van der Waals surface area contributed by atoms with Gasteiger partial charge in [0.25, 0.3) is 0 Å². The number of methoxy groups -OCH3 is 1. The van der Waals surface area contributed by atoms with Crippen LogP contribution in [-0.4, -0.2) is 31.6 Å². The SMILES string of the molecule is COc1ccc(-c2ccc3nc(Cc4cnccn4)n([C@@H](C)c4ccccc4)c3c2)cn1. The molecule has 2 aromatic carbocycles. The number of fused-ring (bicyclic) bond motifs is 1. The summed E-state index contributed by atoms with van der Waals surface area (Å²) in [6, 6.07) is 20.8. The van der Waals surface area contributed by atoms with Gasteiger partial charge in [-0.3, -0.25) is 9.97 Å². The summed E-state index contributed by atoms with van der Waals surface area (Å²) in [6.45, 7) is 2.21. The van der Waals surface area contributed by atoms with Crippen molar-refractivity contribution < 1.29 is 4.74 Å². The molecule has 0 aliphatic heterocycles. The average Bonchev–Trinajstić information content (AvgIpc) is 3.21. The Bertz CT molecular complexity index is 1330. The van der Waals surface area contributed by atoms with Gasteiger partial charge < -0.3 is 9.30 Å². The first-order valence-corrected chi connectivity index (χ1v) is 10.5. The number of rotatable bonds is 6. The molecule has 0 aliphatic rings. The van der Waals surface area contributed by atoms with E-state index in [0.717, 1.165) is 33.7 Å². The second-order valence-electron chi connectivity index (χ2n) is 7.65. The first-order chi connectivity index (χ1) is 15.7. The van der Waals surface area contributed by atoms with Crippen LogP contribution in [0, 0.1) is 0 Å². The van der Waals surface area contributed by atoms with E-state index in [1.165, 1.54) is 5.56 Å². The molecule has 5 rings (SSSR count). The highest BCUT2D eigenvalue weighted by molar-refractivity contribution is 5.83. The molecule has 0 unspecified atom stereocenters. The van der Waals surface area contributed by atoms with Crippen molar-refractivity contribution in [2.45, 2.75) is 19.4 Å². The van der Waals surface area contributed by atoms with Crippen molar-refractivity contribution in [2.24, 2.45) is 0 Å². The van der Waals surface area contributed by atoms with E-state index < -0.39 is 0 Å². The Morgan fingerprint density at radius 1 is 0.906 bits per heavy atom. The number of benzene rings is 2. The van der Waals surface area contributed by atoms with E-state index in [9.17, 15) is 0 Å². The van der Waals surface area contributed by atoms with Crippen molar-refractivity contribution in [1.29, 1.82) is 0 Å². The molecule has 0 spiro atoms. The fourth-order valence-electron chi connectivity index (χ4n) is 4.01. The molecule has 0 radical (unpaired) electrons. The number of hydrogen-bond acceptors (Lipinski definition) is 5. The number of nitrogens with zero attached hydrogens (tertiary/aromatic N) is 5. The van der Waals surface area contributed by atoms with Gasteiger partial charge in [-0.1, -0.05) is 36.4 Å². The molecule has 3 heterocycles. The summed E-state index contributed by atoms with van der Waals surface area (Å²) in [5.41, 5.74) is 6.27. The van der Waals surface area contributed by atoms with E-state index in [1.54, 1.807) is 25.7 Å². The third kappa shape index (κ3) is 3.83. The fourth-order valence-corrected chi connectivity index (χ4v) is 4.01. The number of pyridine rings is 1. The highest BCUT2D eigenvalue weighted by atomic mass is 16.5. The normalized spacial score (nSPS) is 12.1. The van der Waals surface area contributed by atoms with Crippen LogP contribution in [0.15, 0.2) is 85.5 Å². The third-order valence-corrected chi connectivity index (χ3v) is 5.67. The summed E-state index contributed by atoms with van der Waals surface area (Å²) in [6.07, 6.45) is 7.65. The lowest BCUT2D eigenvalue weighted by molar-refractivity contribution is 0.398. The van der Waals surface area contributed by atoms with E-state index in [1.807, 2.05) is 24.4 Å².